The van der Waals surface area contributed by atoms with E-state index in [-0.39, 0.29) is 28.5 Å². The van der Waals surface area contributed by atoms with E-state index < -0.39 is 5.12 Å². The van der Waals surface area contributed by atoms with Gasteiger partial charge in [0.05, 0.1) is 0 Å². The summed E-state index contributed by atoms with van der Waals surface area (Å²) in [7, 11) is 0. The second-order valence-corrected chi connectivity index (χ2v) is 3.45. The van der Waals surface area contributed by atoms with Gasteiger partial charge in [-0.15, -0.1) is 0 Å². The Morgan fingerprint density at radius 3 is 2.00 bits per heavy atom. The quantitative estimate of drug-likeness (QED) is 0.623. The van der Waals surface area contributed by atoms with Crippen LogP contribution >= 0.6 is 12.6 Å². The molecule has 0 unspecified atom stereocenters. The first-order valence-corrected chi connectivity index (χ1v) is 4.64. The van der Waals surface area contributed by atoms with Crippen LogP contribution in [-0.4, -0.2) is 21.7 Å². The zero-order valence-corrected chi connectivity index (χ0v) is 9.17. The molecule has 0 atom stereocenters. The van der Waals surface area contributed by atoms with Gasteiger partial charge in [-0.1, -0.05) is 12.6 Å². The summed E-state index contributed by atoms with van der Waals surface area (Å²) in [4.78, 5) is 37.0. The van der Waals surface area contributed by atoms with E-state index in [1.807, 2.05) is 0 Å². The highest BCUT2D eigenvalue weighted by molar-refractivity contribution is 7.97. The fourth-order valence-corrected chi connectivity index (χ4v) is 1.14. The summed E-state index contributed by atoms with van der Waals surface area (Å²) in [6, 6.07) is 2.69. The van der Waals surface area contributed by atoms with Crippen LogP contribution in [0.15, 0.2) is 12.1 Å². The highest BCUT2D eigenvalue weighted by Crippen LogP contribution is 2.09. The molecule has 0 saturated heterocycles. The Hall–Kier alpha value is -1.49. The van der Waals surface area contributed by atoms with Gasteiger partial charge < -0.3 is 0 Å². The predicted octanol–water partition coefficient (Wildman–Crippen LogP) is 1.56. The zero-order chi connectivity index (χ0) is 11.6. The number of ketones is 2. The molecule has 0 aliphatic heterocycles. The maximum atomic E-state index is 11.1. The zero-order valence-electron chi connectivity index (χ0n) is 8.27. The highest BCUT2D eigenvalue weighted by atomic mass is 32.1. The van der Waals surface area contributed by atoms with Gasteiger partial charge in [0.1, 0.15) is 11.4 Å². The van der Waals surface area contributed by atoms with Crippen LogP contribution in [0, 0.1) is 0 Å². The summed E-state index contributed by atoms with van der Waals surface area (Å²) in [6.07, 6.45) is 0. The molecule has 1 rings (SSSR count). The lowest BCUT2D eigenvalue weighted by Gasteiger charge is -2.02. The van der Waals surface area contributed by atoms with E-state index in [1.54, 1.807) is 0 Å². The molecule has 0 aliphatic carbocycles. The molecule has 78 valence electrons. The van der Waals surface area contributed by atoms with Crippen LogP contribution in [0.4, 0.5) is 0 Å². The van der Waals surface area contributed by atoms with E-state index in [1.165, 1.54) is 26.0 Å². The monoisotopic (exact) mass is 223 g/mol. The first-order valence-electron chi connectivity index (χ1n) is 4.19. The molecule has 0 radical (unpaired) electrons. The van der Waals surface area contributed by atoms with E-state index in [0.29, 0.717) is 0 Å². The van der Waals surface area contributed by atoms with Crippen LogP contribution in [0.5, 0.6) is 0 Å². The number of aromatic nitrogens is 1. The normalized spacial score (nSPS) is 9.80. The third kappa shape index (κ3) is 2.73. The summed E-state index contributed by atoms with van der Waals surface area (Å²) >= 11 is 3.59. The van der Waals surface area contributed by atoms with Crippen molar-refractivity contribution in [2.75, 3.05) is 0 Å². The Labute approximate surface area is 92.1 Å². The number of thiol groups is 1. The molecule has 0 fully saturated rings. The van der Waals surface area contributed by atoms with Crippen molar-refractivity contribution >= 4 is 29.3 Å². The highest BCUT2D eigenvalue weighted by Gasteiger charge is 2.11. The van der Waals surface area contributed by atoms with Gasteiger partial charge >= 0.3 is 0 Å². The van der Waals surface area contributed by atoms with Gasteiger partial charge in [0.25, 0.3) is 0 Å². The summed E-state index contributed by atoms with van der Waals surface area (Å²) in [5.74, 6) is -0.523. The van der Waals surface area contributed by atoms with E-state index in [9.17, 15) is 14.4 Å². The molecule has 15 heavy (non-hydrogen) atoms. The van der Waals surface area contributed by atoms with E-state index in [4.69, 9.17) is 0 Å². The molecule has 0 aliphatic rings. The smallest absolute Gasteiger partial charge is 0.234 e. The minimum Gasteiger partial charge on any atom is -0.295 e. The molecule has 0 bridgehead atoms. The summed E-state index contributed by atoms with van der Waals surface area (Å²) in [5, 5.41) is -0.569. The third-order valence-corrected chi connectivity index (χ3v) is 2.04. The Kier molecular flexibility index (Phi) is 3.36. The maximum absolute atomic E-state index is 11.1. The molecule has 0 N–H and O–H groups in total. The Balaban J connectivity index is 3.39. The second-order valence-electron chi connectivity index (χ2n) is 3.04. The van der Waals surface area contributed by atoms with Gasteiger partial charge in [-0.25, -0.2) is 4.98 Å². The minimum atomic E-state index is -0.569. The first-order chi connectivity index (χ1) is 6.91. The van der Waals surface area contributed by atoms with Gasteiger partial charge in [-0.05, 0) is 19.1 Å². The number of Topliss-reactive ketones (excluding diaryl/α,β-unsaturated/α-hetero) is 2. The largest absolute Gasteiger partial charge is 0.295 e. The molecular formula is C10H9NO3S. The van der Waals surface area contributed by atoms with Crippen molar-refractivity contribution in [1.82, 2.24) is 4.98 Å². The summed E-state index contributed by atoms with van der Waals surface area (Å²) < 4.78 is 0. The van der Waals surface area contributed by atoms with Crippen molar-refractivity contribution in [3.05, 3.63) is 29.1 Å². The van der Waals surface area contributed by atoms with Gasteiger partial charge in [-0.3, -0.25) is 14.4 Å². The molecule has 1 aromatic rings. The number of nitrogens with zero attached hydrogens (tertiary/aromatic N) is 1. The van der Waals surface area contributed by atoms with Crippen molar-refractivity contribution in [1.29, 1.82) is 0 Å². The van der Waals surface area contributed by atoms with Crippen LogP contribution in [0.1, 0.15) is 45.2 Å². The minimum absolute atomic E-state index is 0.0104. The Bertz CT molecular complexity index is 375. The molecule has 0 amide bonds. The van der Waals surface area contributed by atoms with Crippen LogP contribution in [-0.2, 0) is 0 Å². The van der Waals surface area contributed by atoms with Gasteiger partial charge in [-0.2, -0.15) is 0 Å². The van der Waals surface area contributed by atoms with Gasteiger partial charge in [0.15, 0.2) is 11.6 Å². The number of carbonyl (C=O) groups is 3. The van der Waals surface area contributed by atoms with Crippen molar-refractivity contribution < 1.29 is 14.4 Å². The van der Waals surface area contributed by atoms with E-state index in [0.717, 1.165) is 0 Å². The summed E-state index contributed by atoms with van der Waals surface area (Å²) in [6.45, 7) is 2.67. The Morgan fingerprint density at radius 2 is 1.60 bits per heavy atom. The van der Waals surface area contributed by atoms with E-state index in [2.05, 4.69) is 17.6 Å². The predicted molar refractivity (Wildman–Crippen MR) is 57.6 cm³/mol. The van der Waals surface area contributed by atoms with Gasteiger partial charge in [0.2, 0.25) is 5.12 Å². The third-order valence-electron chi connectivity index (χ3n) is 1.81. The number of rotatable bonds is 3. The summed E-state index contributed by atoms with van der Waals surface area (Å²) in [5.41, 5.74) is 0.393. The molecule has 1 heterocycles. The first kappa shape index (κ1) is 11.6. The fourth-order valence-electron chi connectivity index (χ4n) is 1.02. The molecule has 0 spiro atoms. The average molecular weight is 223 g/mol. The lowest BCUT2D eigenvalue weighted by molar-refractivity contribution is 0.101. The number of hydrogen-bond donors (Lipinski definition) is 1. The molecule has 1 aromatic heterocycles. The van der Waals surface area contributed by atoms with Crippen LogP contribution < -0.4 is 0 Å². The van der Waals surface area contributed by atoms with Crippen molar-refractivity contribution in [3.8, 4) is 0 Å². The topological polar surface area (TPSA) is 64.1 Å². The average Bonchev–Trinajstić information content (AvgIpc) is 2.16. The van der Waals surface area contributed by atoms with Crippen LogP contribution in [0.25, 0.3) is 0 Å². The number of carbonyl (C=O) groups excluding carboxylic acids is 3. The number of pyridine rings is 1. The van der Waals surface area contributed by atoms with Crippen molar-refractivity contribution in [3.63, 3.8) is 0 Å². The lowest BCUT2D eigenvalue weighted by atomic mass is 10.1. The van der Waals surface area contributed by atoms with E-state index >= 15 is 0 Å². The van der Waals surface area contributed by atoms with Crippen molar-refractivity contribution in [2.45, 2.75) is 13.8 Å². The van der Waals surface area contributed by atoms with Gasteiger partial charge in [0, 0.05) is 12.5 Å². The molecule has 5 heteroatoms. The SMILES string of the molecule is CC(=O)c1cc(C(C)=O)nc(C(=O)S)c1. The number of hydrogen-bond acceptors (Lipinski definition) is 4. The maximum Gasteiger partial charge on any atom is 0.234 e. The van der Waals surface area contributed by atoms with Crippen molar-refractivity contribution in [2.24, 2.45) is 0 Å². The van der Waals surface area contributed by atoms with Crippen LogP contribution in [0.2, 0.25) is 0 Å². The molecule has 4 nitrogen and oxygen atoms in total. The molecular weight excluding hydrogens is 214 g/mol. The molecule has 0 aromatic carbocycles. The standard InChI is InChI=1S/C10H9NO3S/c1-5(12)7-3-8(6(2)13)11-9(4-7)10(14)15/h3-4H,1-2H3,(H,14,15). The fraction of sp³-hybridized carbons (Fsp3) is 0.200. The second kappa shape index (κ2) is 4.35. The lowest BCUT2D eigenvalue weighted by Crippen LogP contribution is -2.06. The van der Waals surface area contributed by atoms with Crippen LogP contribution in [0.3, 0.4) is 0 Å². The Morgan fingerprint density at radius 1 is 1.07 bits per heavy atom. The molecule has 0 saturated carbocycles.